The van der Waals surface area contributed by atoms with Crippen LogP contribution in [0, 0.1) is 0 Å². The predicted octanol–water partition coefficient (Wildman–Crippen LogP) is 5.72. The fourth-order valence-corrected chi connectivity index (χ4v) is 3.94. The zero-order chi connectivity index (χ0) is 24.2. The van der Waals surface area contributed by atoms with Gasteiger partial charge in [-0.3, -0.25) is 0 Å². The molecule has 0 bridgehead atoms. The van der Waals surface area contributed by atoms with Crippen LogP contribution < -0.4 is 0 Å². The number of allylic oxidation sites excluding steroid dienone is 3. The molecule has 10 heteroatoms. The molecule has 0 saturated heterocycles. The summed E-state index contributed by atoms with van der Waals surface area (Å²) >= 11 is 1.37. The van der Waals surface area contributed by atoms with Gasteiger partial charge in [-0.15, -0.1) is 11.3 Å². The number of thiophene rings is 1. The van der Waals surface area contributed by atoms with E-state index in [2.05, 4.69) is 0 Å². The fourth-order valence-electron chi connectivity index (χ4n) is 2.84. The Balaban J connectivity index is 2.12. The van der Waals surface area contributed by atoms with Crippen molar-refractivity contribution in [1.29, 1.82) is 0 Å². The maximum Gasteiger partial charge on any atom is 0.430 e. The first-order valence-electron chi connectivity index (χ1n) is 9.56. The first-order valence-corrected chi connectivity index (χ1v) is 10.4. The molecule has 0 fully saturated rings. The van der Waals surface area contributed by atoms with Crippen LogP contribution in [0.2, 0.25) is 0 Å². The second-order valence-corrected chi connectivity index (χ2v) is 8.22. The van der Waals surface area contributed by atoms with E-state index in [9.17, 15) is 31.4 Å². The third kappa shape index (κ3) is 6.22. The van der Waals surface area contributed by atoms with E-state index in [4.69, 9.17) is 10.2 Å². The van der Waals surface area contributed by atoms with E-state index in [1.807, 2.05) is 6.07 Å². The topological polar surface area (TPSA) is 60.7 Å². The highest BCUT2D eigenvalue weighted by molar-refractivity contribution is 7.13. The van der Waals surface area contributed by atoms with Crippen molar-refractivity contribution in [2.75, 3.05) is 0 Å². The summed E-state index contributed by atoms with van der Waals surface area (Å²) in [5, 5.41) is 27.4. The third-order valence-electron chi connectivity index (χ3n) is 4.80. The summed E-state index contributed by atoms with van der Waals surface area (Å²) in [6.07, 6.45) is -10.2. The lowest BCUT2D eigenvalue weighted by Gasteiger charge is -2.29. The van der Waals surface area contributed by atoms with Crippen molar-refractivity contribution < 1.29 is 41.7 Å². The van der Waals surface area contributed by atoms with Crippen molar-refractivity contribution in [3.63, 3.8) is 0 Å². The Labute approximate surface area is 185 Å². The Hall–Kier alpha value is -2.14. The molecule has 0 saturated carbocycles. The van der Waals surface area contributed by atoms with Gasteiger partial charge in [-0.25, -0.2) is 0 Å². The maximum atomic E-state index is 12.8. The maximum absolute atomic E-state index is 12.8. The highest BCUT2D eigenvalue weighted by atomic mass is 32.1. The van der Waals surface area contributed by atoms with Crippen LogP contribution in [-0.4, -0.2) is 33.3 Å². The monoisotopic (exact) mass is 480 g/mol. The van der Waals surface area contributed by atoms with Gasteiger partial charge < -0.3 is 15.3 Å². The molecular weight excluding hydrogens is 458 g/mol. The van der Waals surface area contributed by atoms with Gasteiger partial charge in [0.05, 0.1) is 0 Å². The Morgan fingerprint density at radius 2 is 1.53 bits per heavy atom. The number of hydrogen-bond acceptors (Lipinski definition) is 4. The SMILES string of the molecule is CCC(=CC=CC(O)(C(F)(F)F)C(F)(F)F)c1ccc(CCc2ccc(C(O)O)cc2)s1. The summed E-state index contributed by atoms with van der Waals surface area (Å²) in [5.41, 5.74) is -3.04. The van der Waals surface area contributed by atoms with Crippen LogP contribution in [0.3, 0.4) is 0 Å². The Morgan fingerprint density at radius 1 is 0.938 bits per heavy atom. The van der Waals surface area contributed by atoms with E-state index in [1.54, 1.807) is 37.3 Å². The molecule has 0 unspecified atom stereocenters. The number of rotatable bonds is 8. The second-order valence-electron chi connectivity index (χ2n) is 7.05. The molecule has 32 heavy (non-hydrogen) atoms. The van der Waals surface area contributed by atoms with Crippen molar-refractivity contribution >= 4 is 16.9 Å². The predicted molar refractivity (Wildman–Crippen MR) is 110 cm³/mol. The highest BCUT2D eigenvalue weighted by Gasteiger charge is 2.68. The molecule has 0 aliphatic rings. The van der Waals surface area contributed by atoms with Gasteiger partial charge in [-0.1, -0.05) is 43.3 Å². The molecule has 1 heterocycles. The molecule has 3 nitrogen and oxygen atoms in total. The standard InChI is InChI=1S/C22H22F6O3S/c1-2-15(4-3-13-20(31,21(23,24)25)22(26,27)28)18-12-11-17(32-18)10-7-14-5-8-16(9-6-14)19(29)30/h3-6,8-9,11-13,19,29-31H,2,7,10H2,1H3. The molecule has 0 radical (unpaired) electrons. The van der Waals surface area contributed by atoms with Crippen LogP contribution in [0.15, 0.2) is 54.6 Å². The summed E-state index contributed by atoms with van der Waals surface area (Å²) in [4.78, 5) is 1.67. The molecule has 0 aliphatic carbocycles. The molecule has 1 aromatic heterocycles. The van der Waals surface area contributed by atoms with Gasteiger partial charge in [0.25, 0.3) is 5.60 Å². The number of benzene rings is 1. The van der Waals surface area contributed by atoms with Crippen molar-refractivity contribution in [1.82, 2.24) is 0 Å². The number of halogens is 6. The first-order chi connectivity index (χ1) is 14.8. The zero-order valence-corrected chi connectivity index (χ0v) is 17.7. The smallest absolute Gasteiger partial charge is 0.370 e. The molecule has 1 aromatic carbocycles. The van der Waals surface area contributed by atoms with Crippen molar-refractivity contribution in [3.8, 4) is 0 Å². The molecule has 0 amide bonds. The minimum Gasteiger partial charge on any atom is -0.370 e. The average Bonchev–Trinajstić information content (AvgIpc) is 3.17. The molecule has 0 spiro atoms. The van der Waals surface area contributed by atoms with Gasteiger partial charge in [0.2, 0.25) is 0 Å². The number of aryl methyl sites for hydroxylation is 2. The van der Waals surface area contributed by atoms with E-state index < -0.39 is 24.2 Å². The Kier molecular flexibility index (Phi) is 8.33. The number of aliphatic hydroxyl groups is 3. The second kappa shape index (κ2) is 10.2. The highest BCUT2D eigenvalue weighted by Crippen LogP contribution is 2.44. The molecule has 0 aliphatic heterocycles. The third-order valence-corrected chi connectivity index (χ3v) is 6.02. The Bertz CT molecular complexity index is 926. The molecule has 0 atom stereocenters. The van der Waals surface area contributed by atoms with Gasteiger partial charge in [-0.2, -0.15) is 26.3 Å². The van der Waals surface area contributed by atoms with Gasteiger partial charge in [-0.05, 0) is 48.6 Å². The van der Waals surface area contributed by atoms with Gasteiger partial charge in [0.1, 0.15) is 0 Å². The lowest BCUT2D eigenvalue weighted by Crippen LogP contribution is -2.55. The average molecular weight is 480 g/mol. The summed E-state index contributed by atoms with van der Waals surface area (Å²) in [7, 11) is 0. The number of hydrogen-bond donors (Lipinski definition) is 3. The minimum absolute atomic E-state index is 0.288. The van der Waals surface area contributed by atoms with Crippen molar-refractivity contribution in [3.05, 3.63) is 75.5 Å². The minimum atomic E-state index is -5.90. The largest absolute Gasteiger partial charge is 0.430 e. The lowest BCUT2D eigenvalue weighted by atomic mass is 10.0. The van der Waals surface area contributed by atoms with Crippen LogP contribution in [-0.2, 0) is 12.8 Å². The summed E-state index contributed by atoms with van der Waals surface area (Å²) < 4.78 is 76.5. The fraction of sp³-hybridized carbons (Fsp3) is 0.364. The number of aliphatic hydroxyl groups excluding tert-OH is 1. The van der Waals surface area contributed by atoms with E-state index in [0.29, 0.717) is 41.4 Å². The summed E-state index contributed by atoms with van der Waals surface area (Å²) in [6, 6.07) is 10.3. The summed E-state index contributed by atoms with van der Waals surface area (Å²) in [5.74, 6) is 0. The van der Waals surface area contributed by atoms with Gasteiger partial charge in [0.15, 0.2) is 6.29 Å². The van der Waals surface area contributed by atoms with E-state index in [-0.39, 0.29) is 6.08 Å². The van der Waals surface area contributed by atoms with E-state index >= 15 is 0 Å². The summed E-state index contributed by atoms with van der Waals surface area (Å²) in [6.45, 7) is 1.72. The van der Waals surface area contributed by atoms with Crippen LogP contribution in [0.1, 0.15) is 40.5 Å². The Morgan fingerprint density at radius 3 is 2.03 bits per heavy atom. The molecule has 3 N–H and O–H groups in total. The molecule has 2 rings (SSSR count). The van der Waals surface area contributed by atoms with E-state index in [1.165, 1.54) is 11.3 Å². The normalized spacial score (nSPS) is 14.0. The van der Waals surface area contributed by atoms with Crippen LogP contribution in [0.5, 0.6) is 0 Å². The van der Waals surface area contributed by atoms with Gasteiger partial charge in [0, 0.05) is 15.3 Å². The first kappa shape index (κ1) is 26.1. The number of alkyl halides is 6. The van der Waals surface area contributed by atoms with Crippen LogP contribution >= 0.6 is 11.3 Å². The van der Waals surface area contributed by atoms with Crippen molar-refractivity contribution in [2.24, 2.45) is 0 Å². The molecule has 2 aromatic rings. The lowest BCUT2D eigenvalue weighted by molar-refractivity contribution is -0.347. The molecular formula is C22H22F6O3S. The van der Waals surface area contributed by atoms with Crippen LogP contribution in [0.25, 0.3) is 5.57 Å². The zero-order valence-electron chi connectivity index (χ0n) is 16.9. The van der Waals surface area contributed by atoms with E-state index in [0.717, 1.165) is 16.5 Å². The van der Waals surface area contributed by atoms with Crippen LogP contribution in [0.4, 0.5) is 26.3 Å². The van der Waals surface area contributed by atoms with Gasteiger partial charge >= 0.3 is 12.4 Å². The van der Waals surface area contributed by atoms with Crippen molar-refractivity contribution in [2.45, 2.75) is 50.4 Å². The quantitative estimate of drug-likeness (QED) is 0.257. The molecule has 176 valence electrons.